The normalized spacial score (nSPS) is 18.9. The molecule has 20 heavy (non-hydrogen) atoms. The maximum atomic E-state index is 11.6. The Balaban J connectivity index is 1.73. The minimum absolute atomic E-state index is 0.0437. The molecule has 3 heterocycles. The summed E-state index contributed by atoms with van der Waals surface area (Å²) in [6.07, 6.45) is 2.04. The largest absolute Gasteiger partial charge is 0.353 e. The van der Waals surface area contributed by atoms with Crippen LogP contribution in [-0.4, -0.2) is 40.2 Å². The number of carbonyl (C=O) groups is 1. The van der Waals surface area contributed by atoms with Crippen LogP contribution in [0, 0.1) is 0 Å². The molecule has 0 spiro atoms. The maximum absolute atomic E-state index is 11.6. The number of rotatable bonds is 3. The van der Waals surface area contributed by atoms with Crippen molar-refractivity contribution in [3.8, 4) is 11.5 Å². The van der Waals surface area contributed by atoms with E-state index in [0.29, 0.717) is 30.4 Å². The van der Waals surface area contributed by atoms with Crippen LogP contribution in [0.25, 0.3) is 11.5 Å². The Labute approximate surface area is 123 Å². The summed E-state index contributed by atoms with van der Waals surface area (Å²) in [5.41, 5.74) is 0.629. The lowest BCUT2D eigenvalue weighted by atomic mass is 10.1. The van der Waals surface area contributed by atoms with Crippen molar-refractivity contribution in [1.29, 1.82) is 0 Å². The Bertz CT molecular complexity index is 613. The minimum atomic E-state index is -0.324. The molecule has 1 unspecified atom stereocenters. The van der Waals surface area contributed by atoms with E-state index in [2.05, 4.69) is 41.7 Å². The lowest BCUT2D eigenvalue weighted by Gasteiger charge is -2.21. The van der Waals surface area contributed by atoms with Crippen molar-refractivity contribution in [1.82, 2.24) is 25.8 Å². The first-order valence-electron chi connectivity index (χ1n) is 6.18. The Morgan fingerprint density at radius 3 is 3.05 bits per heavy atom. The maximum Gasteiger partial charge on any atom is 0.237 e. The van der Waals surface area contributed by atoms with Gasteiger partial charge in [0.05, 0.1) is 12.5 Å². The quantitative estimate of drug-likeness (QED) is 0.848. The van der Waals surface area contributed by atoms with Crippen molar-refractivity contribution >= 4 is 21.8 Å². The number of carbonyl (C=O) groups excluding carboxylic acids is 1. The second kappa shape index (κ2) is 5.68. The van der Waals surface area contributed by atoms with E-state index in [1.54, 1.807) is 12.3 Å². The first-order valence-corrected chi connectivity index (χ1v) is 6.97. The number of nitrogens with zero attached hydrogens (tertiary/aromatic N) is 3. The van der Waals surface area contributed by atoms with Gasteiger partial charge in [-0.25, -0.2) is 0 Å². The van der Waals surface area contributed by atoms with E-state index in [-0.39, 0.29) is 11.9 Å². The smallest absolute Gasteiger partial charge is 0.237 e. The molecule has 0 saturated carbocycles. The van der Waals surface area contributed by atoms with Crippen LogP contribution in [-0.2, 0) is 11.2 Å². The van der Waals surface area contributed by atoms with Gasteiger partial charge in [-0.05, 0) is 28.1 Å². The second-order valence-corrected chi connectivity index (χ2v) is 5.29. The fourth-order valence-corrected chi connectivity index (χ4v) is 2.17. The first kappa shape index (κ1) is 13.2. The highest BCUT2D eigenvalue weighted by Crippen LogP contribution is 2.16. The summed E-state index contributed by atoms with van der Waals surface area (Å²) in [6.45, 7) is 1.39. The summed E-state index contributed by atoms with van der Waals surface area (Å²) in [7, 11) is 0. The average molecular weight is 338 g/mol. The van der Waals surface area contributed by atoms with Crippen LogP contribution in [0.15, 0.2) is 27.3 Å². The fraction of sp³-hybridized carbons (Fsp3) is 0.333. The second-order valence-electron chi connectivity index (χ2n) is 4.38. The summed E-state index contributed by atoms with van der Waals surface area (Å²) < 4.78 is 6.05. The number of hydrogen-bond donors (Lipinski definition) is 2. The van der Waals surface area contributed by atoms with Crippen molar-refractivity contribution < 1.29 is 9.32 Å². The van der Waals surface area contributed by atoms with Gasteiger partial charge in [0, 0.05) is 23.8 Å². The zero-order valence-electron chi connectivity index (χ0n) is 10.5. The van der Waals surface area contributed by atoms with Gasteiger partial charge in [0.2, 0.25) is 17.6 Å². The fourth-order valence-electron chi connectivity index (χ4n) is 1.94. The van der Waals surface area contributed by atoms with Crippen molar-refractivity contribution in [3.63, 3.8) is 0 Å². The summed E-state index contributed by atoms with van der Waals surface area (Å²) in [6, 6.07) is 3.33. The SMILES string of the molecule is O=C1NCCNC1Cc1nc(-c2ccc(Br)cn2)no1. The summed E-state index contributed by atoms with van der Waals surface area (Å²) >= 11 is 3.32. The first-order chi connectivity index (χ1) is 9.72. The van der Waals surface area contributed by atoms with Gasteiger partial charge in [-0.2, -0.15) is 4.98 Å². The van der Waals surface area contributed by atoms with Crippen molar-refractivity contribution in [2.24, 2.45) is 0 Å². The number of nitrogens with one attached hydrogen (secondary N) is 2. The van der Waals surface area contributed by atoms with Gasteiger partial charge >= 0.3 is 0 Å². The summed E-state index contributed by atoms with van der Waals surface area (Å²) in [4.78, 5) is 20.1. The molecule has 2 aromatic heterocycles. The standard InChI is InChI=1S/C12H12BrN5O2/c13-7-1-2-8(16-6-7)11-17-10(20-18-11)5-9-12(19)15-4-3-14-9/h1-2,6,9,14H,3-5H2,(H,15,19). The van der Waals surface area contributed by atoms with Crippen molar-refractivity contribution in [2.75, 3.05) is 13.1 Å². The molecule has 3 rings (SSSR count). The van der Waals surface area contributed by atoms with Crippen LogP contribution in [0.1, 0.15) is 5.89 Å². The van der Waals surface area contributed by atoms with E-state index in [4.69, 9.17) is 4.52 Å². The van der Waals surface area contributed by atoms with E-state index in [0.717, 1.165) is 11.0 Å². The molecule has 0 aromatic carbocycles. The van der Waals surface area contributed by atoms with Crippen LogP contribution in [0.3, 0.4) is 0 Å². The molecule has 104 valence electrons. The van der Waals surface area contributed by atoms with Gasteiger partial charge in [0.25, 0.3) is 0 Å². The highest BCUT2D eigenvalue weighted by atomic mass is 79.9. The molecular formula is C12H12BrN5O2. The van der Waals surface area contributed by atoms with Crippen molar-refractivity contribution in [3.05, 3.63) is 28.7 Å². The molecule has 0 bridgehead atoms. The molecule has 1 amide bonds. The zero-order valence-corrected chi connectivity index (χ0v) is 12.1. The van der Waals surface area contributed by atoms with Crippen LogP contribution >= 0.6 is 15.9 Å². The highest BCUT2D eigenvalue weighted by Gasteiger charge is 2.24. The van der Waals surface area contributed by atoms with Crippen molar-refractivity contribution in [2.45, 2.75) is 12.5 Å². The number of halogens is 1. The number of pyridine rings is 1. The molecule has 1 aliphatic rings. The molecule has 0 aliphatic carbocycles. The van der Waals surface area contributed by atoms with Crippen LogP contribution < -0.4 is 10.6 Å². The lowest BCUT2D eigenvalue weighted by Crippen LogP contribution is -2.53. The van der Waals surface area contributed by atoms with Crippen LogP contribution in [0.5, 0.6) is 0 Å². The molecule has 2 N–H and O–H groups in total. The average Bonchev–Trinajstić information content (AvgIpc) is 2.91. The predicted molar refractivity (Wildman–Crippen MR) is 73.7 cm³/mol. The number of piperazine rings is 1. The van der Waals surface area contributed by atoms with Gasteiger partial charge in [-0.15, -0.1) is 0 Å². The van der Waals surface area contributed by atoms with Gasteiger partial charge in [0.15, 0.2) is 0 Å². The Morgan fingerprint density at radius 1 is 1.40 bits per heavy atom. The molecule has 1 fully saturated rings. The van der Waals surface area contributed by atoms with Crippen LogP contribution in [0.2, 0.25) is 0 Å². The van der Waals surface area contributed by atoms with E-state index >= 15 is 0 Å². The Hall–Kier alpha value is -1.80. The summed E-state index contributed by atoms with van der Waals surface area (Å²) in [5, 5.41) is 9.78. The van der Waals surface area contributed by atoms with E-state index in [1.165, 1.54) is 0 Å². The monoisotopic (exact) mass is 337 g/mol. The third kappa shape index (κ3) is 2.86. The van der Waals surface area contributed by atoms with Gasteiger partial charge in [-0.1, -0.05) is 5.16 Å². The molecule has 7 nitrogen and oxygen atoms in total. The van der Waals surface area contributed by atoms with Gasteiger partial charge in [0.1, 0.15) is 5.69 Å². The predicted octanol–water partition coefficient (Wildman–Crippen LogP) is 0.525. The lowest BCUT2D eigenvalue weighted by molar-refractivity contribution is -0.124. The molecule has 8 heteroatoms. The number of aromatic nitrogens is 3. The molecule has 0 radical (unpaired) electrons. The third-order valence-electron chi connectivity index (χ3n) is 2.93. The zero-order chi connectivity index (χ0) is 13.9. The Kier molecular flexibility index (Phi) is 3.75. The molecule has 1 saturated heterocycles. The molecule has 1 atom stereocenters. The van der Waals surface area contributed by atoms with Gasteiger partial charge < -0.3 is 15.2 Å². The number of hydrogen-bond acceptors (Lipinski definition) is 6. The van der Waals surface area contributed by atoms with E-state index < -0.39 is 0 Å². The molecular weight excluding hydrogens is 326 g/mol. The van der Waals surface area contributed by atoms with Crippen LogP contribution in [0.4, 0.5) is 0 Å². The summed E-state index contributed by atoms with van der Waals surface area (Å²) in [5.74, 6) is 0.792. The molecule has 2 aromatic rings. The topological polar surface area (TPSA) is 92.9 Å². The Morgan fingerprint density at radius 2 is 2.30 bits per heavy atom. The van der Waals surface area contributed by atoms with E-state index in [9.17, 15) is 4.79 Å². The highest BCUT2D eigenvalue weighted by molar-refractivity contribution is 9.10. The van der Waals surface area contributed by atoms with Gasteiger partial charge in [-0.3, -0.25) is 9.78 Å². The number of amides is 1. The van der Waals surface area contributed by atoms with E-state index in [1.807, 2.05) is 6.07 Å². The minimum Gasteiger partial charge on any atom is -0.353 e. The molecule has 1 aliphatic heterocycles. The third-order valence-corrected chi connectivity index (χ3v) is 3.40.